The molecular weight excluding hydrogens is 181 g/mol. The van der Waals surface area contributed by atoms with Crippen molar-refractivity contribution >= 4 is 29.6 Å². The second-order valence-electron chi connectivity index (χ2n) is 0.378. The molecule has 0 unspecified atom stereocenters. The zero-order chi connectivity index (χ0) is 4.50. The van der Waals surface area contributed by atoms with Crippen LogP contribution in [0.4, 0.5) is 0 Å². The Morgan fingerprint density at radius 2 is 1.14 bits per heavy atom. The van der Waals surface area contributed by atoms with Crippen molar-refractivity contribution in [3.05, 3.63) is 0 Å². The van der Waals surface area contributed by atoms with Crippen LogP contribution in [0.1, 0.15) is 0 Å². The van der Waals surface area contributed by atoms with Crippen LogP contribution in [0.25, 0.3) is 0 Å². The van der Waals surface area contributed by atoms with E-state index in [4.69, 9.17) is 15.7 Å². The molecule has 0 spiro atoms. The molecule has 0 aromatic rings. The predicted octanol–water partition coefficient (Wildman–Crippen LogP) is -5.19. The molecular formula is HKMnNaO4. The van der Waals surface area contributed by atoms with E-state index in [-0.39, 0.29) is 80.9 Å². The van der Waals surface area contributed by atoms with Crippen LogP contribution in [0.2, 0.25) is 0 Å². The molecule has 0 aromatic heterocycles. The van der Waals surface area contributed by atoms with Crippen LogP contribution in [0.5, 0.6) is 0 Å². The second-order valence-corrected chi connectivity index (χ2v) is 1.56. The monoisotopic (exact) mass is 182 g/mol. The molecule has 0 amide bonds. The third-order valence-corrected chi connectivity index (χ3v) is 0. The van der Waals surface area contributed by atoms with E-state index in [2.05, 4.69) is 0 Å². The minimum absolute atomic E-state index is 0. The quantitative estimate of drug-likeness (QED) is 0.351. The fraction of sp³-hybridized carbons (Fsp3) is 0. The van der Waals surface area contributed by atoms with E-state index < -0.39 is 13.0 Å². The third kappa shape index (κ3) is 57.1. The molecule has 0 aliphatic rings. The van der Waals surface area contributed by atoms with Gasteiger partial charge in [-0.1, -0.05) is 0 Å². The molecule has 7 heavy (non-hydrogen) atoms. The minimum atomic E-state index is -5.62. The van der Waals surface area contributed by atoms with Gasteiger partial charge in [0.2, 0.25) is 0 Å². The molecule has 0 saturated carbocycles. The molecule has 0 bridgehead atoms. The summed E-state index contributed by atoms with van der Waals surface area (Å²) in [5.41, 5.74) is 0. The maximum atomic E-state index is 8.58. The summed E-state index contributed by atoms with van der Waals surface area (Å²) in [7, 11) is 0. The molecule has 0 rings (SSSR count). The van der Waals surface area contributed by atoms with Gasteiger partial charge in [-0.3, -0.25) is 0 Å². The molecule has 0 saturated heterocycles. The first kappa shape index (κ1) is 16.3. The first-order valence-corrected chi connectivity index (χ1v) is 2.54. The van der Waals surface area contributed by atoms with Gasteiger partial charge in [0.1, 0.15) is 0 Å². The van der Waals surface area contributed by atoms with E-state index in [9.17, 15) is 0 Å². The van der Waals surface area contributed by atoms with Gasteiger partial charge in [0.15, 0.2) is 0 Å². The zero-order valence-corrected chi connectivity index (χ0v) is 7.31. The molecule has 0 fully saturated rings. The van der Waals surface area contributed by atoms with Crippen molar-refractivity contribution in [1.29, 1.82) is 0 Å². The van der Waals surface area contributed by atoms with Gasteiger partial charge in [0, 0.05) is 0 Å². The Labute approximate surface area is 107 Å². The number of rotatable bonds is 0. The van der Waals surface area contributed by atoms with Gasteiger partial charge in [0.05, 0.1) is 0 Å². The summed E-state index contributed by atoms with van der Waals surface area (Å²) in [5.74, 6) is 0. The number of hydrogen-bond donors (Lipinski definition) is 0. The van der Waals surface area contributed by atoms with Crippen LogP contribution in [0.3, 0.4) is 0 Å². The third-order valence-electron chi connectivity index (χ3n) is 0. The molecule has 34 valence electrons. The van der Waals surface area contributed by atoms with Crippen molar-refractivity contribution < 1.29 is 80.0 Å². The Morgan fingerprint density at radius 1 is 1.14 bits per heavy atom. The number of hydrogen-bond acceptors (Lipinski definition) is 4. The molecule has 0 aliphatic heterocycles. The molecule has 0 N–H and O–H groups in total. The molecule has 0 atom stereocenters. The predicted molar refractivity (Wildman–Crippen MR) is 9.21 cm³/mol. The summed E-state index contributed by atoms with van der Waals surface area (Å²) in [6.07, 6.45) is 0. The summed E-state index contributed by atoms with van der Waals surface area (Å²) < 4.78 is 34.3. The first-order valence-electron chi connectivity index (χ1n) is 0.617. The van der Waals surface area contributed by atoms with E-state index in [1.54, 1.807) is 0 Å². The van der Waals surface area contributed by atoms with Gasteiger partial charge in [0.25, 0.3) is 0 Å². The molecule has 0 heterocycles. The Bertz CT molecular complexity index is 133. The summed E-state index contributed by atoms with van der Waals surface area (Å²) in [4.78, 5) is 0. The van der Waals surface area contributed by atoms with E-state index in [0.717, 1.165) is 0 Å². The van der Waals surface area contributed by atoms with Crippen molar-refractivity contribution in [3.63, 3.8) is 0 Å². The summed E-state index contributed by atoms with van der Waals surface area (Å²) in [5, 5.41) is 0. The van der Waals surface area contributed by atoms with Gasteiger partial charge in [-0.2, -0.15) is 0 Å². The van der Waals surface area contributed by atoms with Crippen molar-refractivity contribution in [3.8, 4) is 0 Å². The van der Waals surface area contributed by atoms with Gasteiger partial charge >= 0.3 is 110 Å². The zero-order valence-electron chi connectivity index (χ0n) is 3.01. The maximum absolute atomic E-state index is 8.58. The van der Waals surface area contributed by atoms with Gasteiger partial charge in [-0.05, 0) is 0 Å². The van der Waals surface area contributed by atoms with Crippen molar-refractivity contribution in [1.82, 2.24) is 0 Å². The van der Waals surface area contributed by atoms with Gasteiger partial charge in [-0.15, -0.1) is 0 Å². The van der Waals surface area contributed by atoms with E-state index in [0.29, 0.717) is 0 Å². The normalized spacial score (nSPS) is 8.14. The summed E-state index contributed by atoms with van der Waals surface area (Å²) in [6.45, 7) is 0. The first-order chi connectivity index (χ1) is 2.00. The SMILES string of the molecule is [K+].[NaH].[O]=[Mn](=[O])(=[O])[O-]. The topological polar surface area (TPSA) is 74.3 Å². The average Bonchev–Trinajstić information content (AvgIpc) is 0.722. The van der Waals surface area contributed by atoms with E-state index in [1.807, 2.05) is 0 Å². The van der Waals surface area contributed by atoms with Crippen molar-refractivity contribution in [2.45, 2.75) is 0 Å². The average molecular weight is 182 g/mol. The Kier molecular flexibility index (Phi) is 15.4. The Balaban J connectivity index is -0.0000000800. The Morgan fingerprint density at radius 3 is 1.14 bits per heavy atom. The van der Waals surface area contributed by atoms with E-state index >= 15 is 0 Å². The van der Waals surface area contributed by atoms with Crippen molar-refractivity contribution in [2.75, 3.05) is 0 Å². The van der Waals surface area contributed by atoms with Gasteiger partial charge < -0.3 is 0 Å². The van der Waals surface area contributed by atoms with Gasteiger partial charge in [-0.25, -0.2) is 0 Å². The van der Waals surface area contributed by atoms with Crippen LogP contribution in [-0.2, 0) is 24.5 Å². The fourth-order valence-electron chi connectivity index (χ4n) is 0. The fourth-order valence-corrected chi connectivity index (χ4v) is 0. The second kappa shape index (κ2) is 6.63. The summed E-state index contributed by atoms with van der Waals surface area (Å²) in [6, 6.07) is 0. The summed E-state index contributed by atoms with van der Waals surface area (Å²) >= 11 is -5.62. The molecule has 0 aliphatic carbocycles. The molecule has 0 aromatic carbocycles. The molecule has 4 nitrogen and oxygen atoms in total. The van der Waals surface area contributed by atoms with Crippen LogP contribution in [-0.4, -0.2) is 29.6 Å². The molecule has 7 heteroatoms. The van der Waals surface area contributed by atoms with Crippen LogP contribution in [0.15, 0.2) is 0 Å². The standard InChI is InChI=1S/K.Mn.Na.4O.H/q+1;;;;;;-1;. The van der Waals surface area contributed by atoms with E-state index in [1.165, 1.54) is 0 Å². The van der Waals surface area contributed by atoms with Crippen LogP contribution >= 0.6 is 0 Å². The van der Waals surface area contributed by atoms with Crippen LogP contribution in [0, 0.1) is 0 Å². The van der Waals surface area contributed by atoms with Crippen LogP contribution < -0.4 is 55.6 Å². The van der Waals surface area contributed by atoms with Crippen molar-refractivity contribution in [2.24, 2.45) is 0 Å². The molecule has 0 radical (unpaired) electrons. The Hall–Kier alpha value is 2.52.